The Labute approximate surface area is 381 Å². The first-order valence-electron chi connectivity index (χ1n) is 25.0. The van der Waals surface area contributed by atoms with Crippen LogP contribution in [0.25, 0.3) is 0 Å². The first-order chi connectivity index (χ1) is 30.1. The average molecular weight is 869 g/mol. The van der Waals surface area contributed by atoms with Gasteiger partial charge in [-0.25, -0.2) is 4.79 Å². The number of carbonyl (C=O) groups is 3. The summed E-state index contributed by atoms with van der Waals surface area (Å²) in [4.78, 5) is 37.1. The van der Waals surface area contributed by atoms with Crippen LogP contribution in [0.4, 0.5) is 0 Å². The standard InChI is InChI=1S/C54H93NO7/c1-6-8-10-12-14-16-18-20-22-24-25-26-27-29-31-33-35-37-39-41-43-45-53(57)62-50(48-60-47-46-51(54(58)59)55(3,4)5)49-61-52(56)44-42-40-38-36-34-32-30-28-23-21-19-17-15-13-11-9-7-2/h8,10,14,16,20-23,30,32,36,38,50-51H,6-7,9,11-13,15,17-19,24-29,31,33-35,37,39-49H2,1-5H3/p+1/b10-8+,16-14+,22-20+,23-21+,32-30+,38-36+. The highest BCUT2D eigenvalue weighted by Crippen LogP contribution is 2.15. The molecule has 0 aromatic carbocycles. The summed E-state index contributed by atoms with van der Waals surface area (Å²) in [6, 6.07) is -0.625. The summed E-state index contributed by atoms with van der Waals surface area (Å²) in [6.07, 6.45) is 56.7. The highest BCUT2D eigenvalue weighted by atomic mass is 16.6. The number of hydrogen-bond acceptors (Lipinski definition) is 6. The molecule has 8 nitrogen and oxygen atoms in total. The Morgan fingerprint density at radius 3 is 1.39 bits per heavy atom. The van der Waals surface area contributed by atoms with E-state index in [1.54, 1.807) is 0 Å². The Balaban J connectivity index is 4.33. The lowest BCUT2D eigenvalue weighted by atomic mass is 10.0. The number of likely N-dealkylation sites (N-methyl/N-ethyl adjacent to an activating group) is 1. The van der Waals surface area contributed by atoms with Gasteiger partial charge >= 0.3 is 17.9 Å². The highest BCUT2D eigenvalue weighted by Gasteiger charge is 2.31. The van der Waals surface area contributed by atoms with E-state index in [2.05, 4.69) is 86.8 Å². The molecular formula is C54H94NO7+. The van der Waals surface area contributed by atoms with E-state index in [0.717, 1.165) is 57.8 Å². The number of carboxylic acids is 1. The van der Waals surface area contributed by atoms with Gasteiger partial charge in [-0.15, -0.1) is 0 Å². The van der Waals surface area contributed by atoms with Gasteiger partial charge in [0.05, 0.1) is 34.4 Å². The number of esters is 2. The van der Waals surface area contributed by atoms with Crippen LogP contribution in [0.2, 0.25) is 0 Å². The number of unbranched alkanes of at least 4 members (excludes halogenated alkanes) is 18. The van der Waals surface area contributed by atoms with E-state index in [4.69, 9.17) is 14.2 Å². The molecule has 1 N–H and O–H groups in total. The summed E-state index contributed by atoms with van der Waals surface area (Å²) in [5.41, 5.74) is 0. The van der Waals surface area contributed by atoms with E-state index < -0.39 is 18.1 Å². The lowest BCUT2D eigenvalue weighted by Crippen LogP contribution is -2.50. The van der Waals surface area contributed by atoms with Crippen molar-refractivity contribution in [3.63, 3.8) is 0 Å². The van der Waals surface area contributed by atoms with Crippen molar-refractivity contribution < 1.29 is 38.2 Å². The van der Waals surface area contributed by atoms with Crippen LogP contribution in [0.3, 0.4) is 0 Å². The number of ether oxygens (including phenoxy) is 3. The minimum atomic E-state index is -0.883. The lowest BCUT2D eigenvalue weighted by molar-refractivity contribution is -0.887. The van der Waals surface area contributed by atoms with E-state index in [-0.39, 0.29) is 42.7 Å². The highest BCUT2D eigenvalue weighted by molar-refractivity contribution is 5.72. The molecule has 2 unspecified atom stereocenters. The molecule has 356 valence electrons. The third-order valence-corrected chi connectivity index (χ3v) is 10.8. The van der Waals surface area contributed by atoms with Crippen LogP contribution in [0.15, 0.2) is 72.9 Å². The van der Waals surface area contributed by atoms with Gasteiger partial charge in [0.1, 0.15) is 6.61 Å². The van der Waals surface area contributed by atoms with Crippen LogP contribution in [-0.4, -0.2) is 80.6 Å². The number of carboxylic acid groups (broad SMARTS) is 1. The fourth-order valence-corrected chi connectivity index (χ4v) is 7.00. The minimum absolute atomic E-state index is 0.0418. The first-order valence-corrected chi connectivity index (χ1v) is 25.0. The molecule has 0 saturated heterocycles. The van der Waals surface area contributed by atoms with Crippen molar-refractivity contribution in [1.29, 1.82) is 0 Å². The molecule has 0 fully saturated rings. The molecule has 0 aromatic heterocycles. The van der Waals surface area contributed by atoms with E-state index in [1.807, 2.05) is 21.1 Å². The van der Waals surface area contributed by atoms with Crippen molar-refractivity contribution >= 4 is 17.9 Å². The van der Waals surface area contributed by atoms with Gasteiger partial charge in [0, 0.05) is 19.3 Å². The average Bonchev–Trinajstić information content (AvgIpc) is 3.23. The molecule has 8 heteroatoms. The van der Waals surface area contributed by atoms with Crippen LogP contribution in [0, 0.1) is 0 Å². The SMILES string of the molecule is CC/C=C/C/C=C/C/C=C/CCCCCCCCCCCCCC(=O)OC(COCCC(C(=O)O)[N+](C)(C)C)COC(=O)CCC/C=C/C/C=C/C/C=C/CCCCCCCC. The summed E-state index contributed by atoms with van der Waals surface area (Å²) in [5.74, 6) is -1.54. The van der Waals surface area contributed by atoms with Crippen LogP contribution < -0.4 is 0 Å². The Morgan fingerprint density at radius 1 is 0.500 bits per heavy atom. The second kappa shape index (κ2) is 44.4. The molecule has 0 aliphatic carbocycles. The molecule has 2 atom stereocenters. The number of quaternary nitrogens is 1. The summed E-state index contributed by atoms with van der Waals surface area (Å²) >= 11 is 0. The van der Waals surface area contributed by atoms with Crippen molar-refractivity contribution in [2.45, 2.75) is 212 Å². The molecule has 0 rings (SSSR count). The maximum absolute atomic E-state index is 12.8. The largest absolute Gasteiger partial charge is 0.477 e. The molecule has 0 heterocycles. The quantitative estimate of drug-likeness (QED) is 0.0282. The van der Waals surface area contributed by atoms with E-state index in [0.29, 0.717) is 19.3 Å². The van der Waals surface area contributed by atoms with Crippen LogP contribution in [-0.2, 0) is 28.6 Å². The second-order valence-electron chi connectivity index (χ2n) is 17.7. The fourth-order valence-electron chi connectivity index (χ4n) is 7.00. The first kappa shape index (κ1) is 58.8. The lowest BCUT2D eigenvalue weighted by Gasteiger charge is -2.31. The summed E-state index contributed by atoms with van der Waals surface area (Å²) < 4.78 is 17.3. The van der Waals surface area contributed by atoms with Crippen molar-refractivity contribution in [2.75, 3.05) is 41.0 Å². The number of carbonyl (C=O) groups excluding carboxylic acids is 2. The fraction of sp³-hybridized carbons (Fsp3) is 0.722. The van der Waals surface area contributed by atoms with E-state index in [9.17, 15) is 19.5 Å². The Bertz CT molecular complexity index is 1240. The molecule has 0 aromatic rings. The second-order valence-corrected chi connectivity index (χ2v) is 17.7. The molecule has 62 heavy (non-hydrogen) atoms. The van der Waals surface area contributed by atoms with Gasteiger partial charge in [-0.3, -0.25) is 9.59 Å². The Morgan fingerprint density at radius 2 is 0.919 bits per heavy atom. The number of allylic oxidation sites excluding steroid dienone is 12. The molecule has 0 aliphatic rings. The van der Waals surface area contributed by atoms with Gasteiger partial charge in [0.15, 0.2) is 12.1 Å². The van der Waals surface area contributed by atoms with Crippen molar-refractivity contribution in [2.24, 2.45) is 0 Å². The van der Waals surface area contributed by atoms with Crippen LogP contribution in [0.5, 0.6) is 0 Å². The summed E-state index contributed by atoms with van der Waals surface area (Å²) in [7, 11) is 5.51. The van der Waals surface area contributed by atoms with Gasteiger partial charge in [-0.1, -0.05) is 177 Å². The van der Waals surface area contributed by atoms with Crippen LogP contribution >= 0.6 is 0 Å². The van der Waals surface area contributed by atoms with Gasteiger partial charge in [0.25, 0.3) is 0 Å². The number of aliphatic carboxylic acids is 1. The molecule has 0 aliphatic heterocycles. The van der Waals surface area contributed by atoms with Crippen LogP contribution in [0.1, 0.15) is 200 Å². The molecule has 0 amide bonds. The number of nitrogens with zero attached hydrogens (tertiary/aromatic N) is 1. The van der Waals surface area contributed by atoms with E-state index in [1.165, 1.54) is 103 Å². The smallest absolute Gasteiger partial charge is 0.362 e. The zero-order chi connectivity index (χ0) is 45.6. The summed E-state index contributed by atoms with van der Waals surface area (Å²) in [5, 5.41) is 9.65. The molecule has 0 saturated carbocycles. The predicted octanol–water partition coefficient (Wildman–Crippen LogP) is 14.3. The molecule has 0 radical (unpaired) electrons. The number of hydrogen-bond donors (Lipinski definition) is 1. The predicted molar refractivity (Wildman–Crippen MR) is 261 cm³/mol. The molecular weight excluding hydrogens is 775 g/mol. The minimum Gasteiger partial charge on any atom is -0.477 e. The third-order valence-electron chi connectivity index (χ3n) is 10.8. The Kier molecular flexibility index (Phi) is 42.1. The van der Waals surface area contributed by atoms with Gasteiger partial charge < -0.3 is 23.8 Å². The molecule has 0 bridgehead atoms. The van der Waals surface area contributed by atoms with Gasteiger partial charge in [-0.05, 0) is 77.0 Å². The van der Waals surface area contributed by atoms with Crippen molar-refractivity contribution in [1.82, 2.24) is 0 Å². The van der Waals surface area contributed by atoms with Gasteiger partial charge in [-0.2, -0.15) is 0 Å². The zero-order valence-corrected chi connectivity index (χ0v) is 40.6. The topological polar surface area (TPSA) is 99.1 Å². The van der Waals surface area contributed by atoms with E-state index >= 15 is 0 Å². The zero-order valence-electron chi connectivity index (χ0n) is 40.6. The number of rotatable bonds is 44. The monoisotopic (exact) mass is 869 g/mol. The maximum atomic E-state index is 12.8. The van der Waals surface area contributed by atoms with Gasteiger partial charge in [0.2, 0.25) is 0 Å². The molecule has 0 spiro atoms. The third kappa shape index (κ3) is 42.1. The van der Waals surface area contributed by atoms with Crippen molar-refractivity contribution in [3.8, 4) is 0 Å². The summed E-state index contributed by atoms with van der Waals surface area (Å²) in [6.45, 7) is 4.57. The Hall–Kier alpha value is -3.23. The van der Waals surface area contributed by atoms with Crippen molar-refractivity contribution in [3.05, 3.63) is 72.9 Å². The maximum Gasteiger partial charge on any atom is 0.362 e. The normalized spacial score (nSPS) is 13.5.